The van der Waals surface area contributed by atoms with Crippen molar-refractivity contribution in [3.8, 4) is 11.4 Å². The molecule has 4 nitrogen and oxygen atoms in total. The van der Waals surface area contributed by atoms with E-state index in [2.05, 4.69) is 9.97 Å². The Hall–Kier alpha value is -1.85. The van der Waals surface area contributed by atoms with Crippen molar-refractivity contribution in [2.24, 2.45) is 0 Å². The van der Waals surface area contributed by atoms with Gasteiger partial charge in [0.15, 0.2) is 10.4 Å². The number of aromatic amines is 1. The maximum atomic E-state index is 5.94. The van der Waals surface area contributed by atoms with E-state index >= 15 is 0 Å². The van der Waals surface area contributed by atoms with Crippen molar-refractivity contribution in [2.75, 3.05) is 6.61 Å². The number of rotatable bonds is 3. The zero-order valence-corrected chi connectivity index (χ0v) is 12.3. The molecule has 2 aromatic heterocycles. The Morgan fingerprint density at radius 3 is 2.80 bits per heavy atom. The minimum absolute atomic E-state index is 0.576. The predicted octanol–water partition coefficient (Wildman–Crippen LogP) is 4.14. The third-order valence-electron chi connectivity index (χ3n) is 2.90. The SMILES string of the molecule is CCOc1ccc(-n2c(=S)[nH]c3cc(Cl)cnc32)cc1. The van der Waals surface area contributed by atoms with Crippen LogP contribution in [-0.2, 0) is 0 Å². The van der Waals surface area contributed by atoms with Gasteiger partial charge in [-0.05, 0) is 49.5 Å². The molecule has 0 aliphatic heterocycles. The molecule has 0 aliphatic carbocycles. The van der Waals surface area contributed by atoms with Gasteiger partial charge in [-0.25, -0.2) is 4.98 Å². The lowest BCUT2D eigenvalue weighted by atomic mass is 10.3. The first-order chi connectivity index (χ1) is 9.69. The molecular formula is C14H12ClN3OS. The van der Waals surface area contributed by atoms with Crippen molar-refractivity contribution in [1.29, 1.82) is 0 Å². The van der Waals surface area contributed by atoms with Crippen molar-refractivity contribution in [1.82, 2.24) is 14.5 Å². The average molecular weight is 306 g/mol. The first kappa shape index (κ1) is 13.1. The van der Waals surface area contributed by atoms with E-state index in [1.165, 1.54) is 0 Å². The average Bonchev–Trinajstić information content (AvgIpc) is 2.75. The third-order valence-corrected chi connectivity index (χ3v) is 3.39. The largest absolute Gasteiger partial charge is 0.494 e. The van der Waals surface area contributed by atoms with Crippen LogP contribution in [0.4, 0.5) is 0 Å². The van der Waals surface area contributed by atoms with Crippen LogP contribution in [-0.4, -0.2) is 21.1 Å². The predicted molar refractivity (Wildman–Crippen MR) is 82.4 cm³/mol. The second-order valence-electron chi connectivity index (χ2n) is 4.22. The molecule has 0 spiro atoms. The number of fused-ring (bicyclic) bond motifs is 1. The second-order valence-corrected chi connectivity index (χ2v) is 5.04. The van der Waals surface area contributed by atoms with Crippen LogP contribution in [0.3, 0.4) is 0 Å². The molecule has 3 aromatic rings. The molecule has 3 rings (SSSR count). The molecule has 6 heteroatoms. The normalized spacial score (nSPS) is 10.9. The van der Waals surface area contributed by atoms with E-state index in [1.807, 2.05) is 41.8 Å². The zero-order chi connectivity index (χ0) is 14.1. The van der Waals surface area contributed by atoms with Crippen LogP contribution in [0, 0.1) is 4.77 Å². The van der Waals surface area contributed by atoms with E-state index in [9.17, 15) is 0 Å². The highest BCUT2D eigenvalue weighted by Crippen LogP contribution is 2.22. The monoisotopic (exact) mass is 305 g/mol. The summed E-state index contributed by atoms with van der Waals surface area (Å²) < 4.78 is 7.89. The van der Waals surface area contributed by atoms with Gasteiger partial charge in [0.05, 0.1) is 22.8 Å². The summed E-state index contributed by atoms with van der Waals surface area (Å²) >= 11 is 11.3. The third kappa shape index (κ3) is 2.30. The van der Waals surface area contributed by atoms with Gasteiger partial charge in [-0.2, -0.15) is 0 Å². The number of hydrogen-bond acceptors (Lipinski definition) is 3. The summed E-state index contributed by atoms with van der Waals surface area (Å²) in [5.41, 5.74) is 2.50. The van der Waals surface area contributed by atoms with Crippen molar-refractivity contribution in [3.05, 3.63) is 46.3 Å². The highest BCUT2D eigenvalue weighted by Gasteiger charge is 2.08. The number of ether oxygens (including phenoxy) is 1. The van der Waals surface area contributed by atoms with E-state index in [1.54, 1.807) is 6.20 Å². The maximum absolute atomic E-state index is 5.94. The molecule has 1 N–H and O–H groups in total. The van der Waals surface area contributed by atoms with Gasteiger partial charge in [-0.1, -0.05) is 11.6 Å². The van der Waals surface area contributed by atoms with E-state index in [0.29, 0.717) is 16.4 Å². The topological polar surface area (TPSA) is 42.8 Å². The standard InChI is InChI=1S/C14H12ClN3OS/c1-2-19-11-5-3-10(4-6-11)18-13-12(17-14(18)20)7-9(15)8-16-13/h3-8H,2H2,1H3,(H,17,20). The van der Waals surface area contributed by atoms with Crippen molar-refractivity contribution in [2.45, 2.75) is 6.92 Å². The maximum Gasteiger partial charge on any atom is 0.183 e. The fourth-order valence-corrected chi connectivity index (χ4v) is 2.53. The minimum atomic E-state index is 0.576. The Kier molecular flexibility index (Phi) is 3.46. The summed E-state index contributed by atoms with van der Waals surface area (Å²) in [7, 11) is 0. The van der Waals surface area contributed by atoms with E-state index in [-0.39, 0.29) is 0 Å². The number of imidazole rings is 1. The van der Waals surface area contributed by atoms with Crippen molar-refractivity contribution in [3.63, 3.8) is 0 Å². The molecule has 20 heavy (non-hydrogen) atoms. The highest BCUT2D eigenvalue weighted by atomic mass is 35.5. The lowest BCUT2D eigenvalue weighted by molar-refractivity contribution is 0.340. The Balaban J connectivity index is 2.14. The summed E-state index contributed by atoms with van der Waals surface area (Å²) in [6.45, 7) is 2.60. The summed E-state index contributed by atoms with van der Waals surface area (Å²) in [5.74, 6) is 0.832. The van der Waals surface area contributed by atoms with E-state index in [4.69, 9.17) is 28.6 Å². The zero-order valence-electron chi connectivity index (χ0n) is 10.8. The van der Waals surface area contributed by atoms with Gasteiger partial charge >= 0.3 is 0 Å². The number of H-pyrrole nitrogens is 1. The molecule has 0 fully saturated rings. The summed E-state index contributed by atoms with van der Waals surface area (Å²) in [6, 6.07) is 9.53. The Morgan fingerprint density at radius 1 is 1.35 bits per heavy atom. The number of pyridine rings is 1. The highest BCUT2D eigenvalue weighted by molar-refractivity contribution is 7.71. The van der Waals surface area contributed by atoms with Crippen molar-refractivity contribution >= 4 is 35.0 Å². The van der Waals surface area contributed by atoms with Crippen LogP contribution < -0.4 is 4.74 Å². The molecule has 0 atom stereocenters. The van der Waals surface area contributed by atoms with Gasteiger partial charge in [0, 0.05) is 6.20 Å². The number of nitrogens with zero attached hydrogens (tertiary/aromatic N) is 2. The molecule has 0 saturated carbocycles. The number of aromatic nitrogens is 3. The molecule has 0 bridgehead atoms. The second kappa shape index (κ2) is 5.26. The van der Waals surface area contributed by atoms with Gasteiger partial charge < -0.3 is 9.72 Å². The van der Waals surface area contributed by atoms with Gasteiger partial charge in [-0.15, -0.1) is 0 Å². The Labute approximate surface area is 126 Å². The molecule has 2 heterocycles. The number of hydrogen-bond donors (Lipinski definition) is 1. The van der Waals surface area contributed by atoms with Crippen LogP contribution in [0.25, 0.3) is 16.9 Å². The summed E-state index contributed by atoms with van der Waals surface area (Å²) in [6.07, 6.45) is 1.61. The molecule has 0 aliphatic rings. The fraction of sp³-hybridized carbons (Fsp3) is 0.143. The summed E-state index contributed by atoms with van der Waals surface area (Å²) in [5, 5.41) is 0.576. The van der Waals surface area contributed by atoms with Gasteiger partial charge in [0.25, 0.3) is 0 Å². The number of benzene rings is 1. The lowest BCUT2D eigenvalue weighted by Crippen LogP contribution is -1.96. The Bertz CT molecular complexity index is 807. The molecule has 0 saturated heterocycles. The molecule has 0 radical (unpaired) electrons. The summed E-state index contributed by atoms with van der Waals surface area (Å²) in [4.78, 5) is 7.44. The molecule has 0 unspecified atom stereocenters. The van der Waals surface area contributed by atoms with Crippen molar-refractivity contribution < 1.29 is 4.74 Å². The minimum Gasteiger partial charge on any atom is -0.494 e. The van der Waals surface area contributed by atoms with Crippen LogP contribution in [0.2, 0.25) is 5.02 Å². The van der Waals surface area contributed by atoms with Crippen LogP contribution in [0.1, 0.15) is 6.92 Å². The Morgan fingerprint density at radius 2 is 2.10 bits per heavy atom. The van der Waals surface area contributed by atoms with E-state index < -0.39 is 0 Å². The smallest absolute Gasteiger partial charge is 0.183 e. The molecule has 102 valence electrons. The quantitative estimate of drug-likeness (QED) is 0.740. The van der Waals surface area contributed by atoms with Gasteiger partial charge in [0.2, 0.25) is 0 Å². The lowest BCUT2D eigenvalue weighted by Gasteiger charge is -2.06. The van der Waals surface area contributed by atoms with Crippen LogP contribution >= 0.6 is 23.8 Å². The van der Waals surface area contributed by atoms with E-state index in [0.717, 1.165) is 22.6 Å². The molecule has 0 amide bonds. The first-order valence-electron chi connectivity index (χ1n) is 6.18. The number of nitrogens with one attached hydrogen (secondary N) is 1. The van der Waals surface area contributed by atoms with Gasteiger partial charge in [0.1, 0.15) is 5.75 Å². The fourth-order valence-electron chi connectivity index (χ4n) is 2.07. The van der Waals surface area contributed by atoms with Crippen LogP contribution in [0.15, 0.2) is 36.5 Å². The molecular weight excluding hydrogens is 294 g/mol. The number of halogens is 1. The molecule has 1 aromatic carbocycles. The first-order valence-corrected chi connectivity index (χ1v) is 6.97. The van der Waals surface area contributed by atoms with Gasteiger partial charge in [-0.3, -0.25) is 4.57 Å². The van der Waals surface area contributed by atoms with Crippen LogP contribution in [0.5, 0.6) is 5.75 Å².